The van der Waals surface area contributed by atoms with Crippen molar-refractivity contribution in [2.75, 3.05) is 0 Å². The number of benzene rings is 1. The summed E-state index contributed by atoms with van der Waals surface area (Å²) in [5, 5.41) is 0. The second-order valence-electron chi connectivity index (χ2n) is 4.21. The lowest BCUT2D eigenvalue weighted by atomic mass is 10.2. The molecule has 90 valence electrons. The molecule has 1 heterocycles. The quantitative estimate of drug-likeness (QED) is 0.715. The minimum Gasteiger partial charge on any atom is -0.337 e. The van der Waals surface area contributed by atoms with Gasteiger partial charge < -0.3 is 4.57 Å². The van der Waals surface area contributed by atoms with Crippen molar-refractivity contribution in [2.45, 2.75) is 32.7 Å². The van der Waals surface area contributed by atoms with Crippen molar-refractivity contribution < 1.29 is 4.39 Å². The Kier molecular flexibility index (Phi) is 3.91. The van der Waals surface area contributed by atoms with Gasteiger partial charge in [0.05, 0.1) is 12.0 Å². The van der Waals surface area contributed by atoms with E-state index >= 15 is 0 Å². The summed E-state index contributed by atoms with van der Waals surface area (Å²) in [4.78, 5) is 4.34. The lowest BCUT2D eigenvalue weighted by Gasteiger charge is -1.99. The Hall–Kier alpha value is -1.64. The van der Waals surface area contributed by atoms with Crippen LogP contribution in [0.4, 0.5) is 4.39 Å². The first kappa shape index (κ1) is 11.8. The van der Waals surface area contributed by atoms with E-state index in [4.69, 9.17) is 0 Å². The van der Waals surface area contributed by atoms with E-state index in [9.17, 15) is 4.39 Å². The molecule has 1 aromatic carbocycles. The minimum atomic E-state index is -0.212. The van der Waals surface area contributed by atoms with Crippen molar-refractivity contribution >= 4 is 0 Å². The Morgan fingerprint density at radius 1 is 1.18 bits per heavy atom. The monoisotopic (exact) mass is 232 g/mol. The molecule has 0 aliphatic carbocycles. The van der Waals surface area contributed by atoms with Gasteiger partial charge in [0.15, 0.2) is 0 Å². The van der Waals surface area contributed by atoms with E-state index in [0.29, 0.717) is 0 Å². The second kappa shape index (κ2) is 5.62. The topological polar surface area (TPSA) is 17.8 Å². The van der Waals surface area contributed by atoms with Crippen molar-refractivity contribution in [3.63, 3.8) is 0 Å². The fourth-order valence-electron chi connectivity index (χ4n) is 1.80. The first-order chi connectivity index (χ1) is 8.29. The van der Waals surface area contributed by atoms with Gasteiger partial charge in [-0.05, 0) is 30.7 Å². The highest BCUT2D eigenvalue weighted by atomic mass is 19.1. The number of unbranched alkanes of at least 4 members (excludes halogenated alkanes) is 2. The molecule has 0 unspecified atom stereocenters. The Labute approximate surface area is 101 Å². The molecule has 2 rings (SSSR count). The van der Waals surface area contributed by atoms with Crippen LogP contribution in [0.15, 0.2) is 36.8 Å². The lowest BCUT2D eigenvalue weighted by Crippen LogP contribution is -1.93. The van der Waals surface area contributed by atoms with E-state index in [1.54, 1.807) is 12.1 Å². The predicted molar refractivity (Wildman–Crippen MR) is 67.1 cm³/mol. The smallest absolute Gasteiger partial charge is 0.123 e. The molecule has 1 aromatic heterocycles. The van der Waals surface area contributed by atoms with Crippen LogP contribution in [0.2, 0.25) is 0 Å². The Morgan fingerprint density at radius 3 is 2.65 bits per heavy atom. The summed E-state index contributed by atoms with van der Waals surface area (Å²) in [6.07, 6.45) is 7.50. The van der Waals surface area contributed by atoms with E-state index in [1.165, 1.54) is 31.4 Å². The molecule has 17 heavy (non-hydrogen) atoms. The van der Waals surface area contributed by atoms with E-state index in [1.807, 2.05) is 12.5 Å². The zero-order valence-corrected chi connectivity index (χ0v) is 10.1. The first-order valence-corrected chi connectivity index (χ1v) is 6.07. The standard InChI is InChI=1S/C14H17FN2/c1-2-3-4-9-17-10-14(16-11-17)12-5-7-13(15)8-6-12/h5-8,10-11H,2-4,9H2,1H3. The summed E-state index contributed by atoms with van der Waals surface area (Å²) in [6, 6.07) is 6.44. The van der Waals surface area contributed by atoms with Gasteiger partial charge in [-0.2, -0.15) is 0 Å². The molecule has 0 fully saturated rings. The third-order valence-corrected chi connectivity index (χ3v) is 2.79. The molecule has 2 nitrogen and oxygen atoms in total. The maximum absolute atomic E-state index is 12.8. The summed E-state index contributed by atoms with van der Waals surface area (Å²) < 4.78 is 14.9. The zero-order chi connectivity index (χ0) is 12.1. The van der Waals surface area contributed by atoms with Gasteiger partial charge in [-0.25, -0.2) is 9.37 Å². The van der Waals surface area contributed by atoms with Gasteiger partial charge in [0.1, 0.15) is 5.82 Å². The predicted octanol–water partition coefficient (Wildman–Crippen LogP) is 3.88. The van der Waals surface area contributed by atoms with E-state index in [0.717, 1.165) is 17.8 Å². The van der Waals surface area contributed by atoms with E-state index in [-0.39, 0.29) is 5.82 Å². The number of hydrogen-bond donors (Lipinski definition) is 0. The first-order valence-electron chi connectivity index (χ1n) is 6.07. The third-order valence-electron chi connectivity index (χ3n) is 2.79. The van der Waals surface area contributed by atoms with Crippen molar-refractivity contribution in [1.29, 1.82) is 0 Å². The highest BCUT2D eigenvalue weighted by molar-refractivity contribution is 5.57. The third kappa shape index (κ3) is 3.16. The number of halogens is 1. The average molecular weight is 232 g/mol. The van der Waals surface area contributed by atoms with Gasteiger partial charge in [-0.3, -0.25) is 0 Å². The number of rotatable bonds is 5. The molecule has 0 saturated carbocycles. The highest BCUT2D eigenvalue weighted by Crippen LogP contribution is 2.17. The van der Waals surface area contributed by atoms with Crippen LogP contribution in [0.3, 0.4) is 0 Å². The van der Waals surface area contributed by atoms with Crippen LogP contribution in [-0.2, 0) is 6.54 Å². The van der Waals surface area contributed by atoms with Crippen LogP contribution in [0, 0.1) is 5.82 Å². The van der Waals surface area contributed by atoms with Crippen LogP contribution in [0.5, 0.6) is 0 Å². The average Bonchev–Trinajstić information content (AvgIpc) is 2.79. The number of nitrogens with zero attached hydrogens (tertiary/aromatic N) is 2. The van der Waals surface area contributed by atoms with Crippen LogP contribution in [-0.4, -0.2) is 9.55 Å². The molecule has 0 atom stereocenters. The largest absolute Gasteiger partial charge is 0.337 e. The fraction of sp³-hybridized carbons (Fsp3) is 0.357. The minimum absolute atomic E-state index is 0.212. The van der Waals surface area contributed by atoms with Gasteiger partial charge >= 0.3 is 0 Å². The normalized spacial score (nSPS) is 10.7. The van der Waals surface area contributed by atoms with Crippen LogP contribution < -0.4 is 0 Å². The fourth-order valence-corrected chi connectivity index (χ4v) is 1.80. The summed E-state index contributed by atoms with van der Waals surface area (Å²) in [5.41, 5.74) is 1.86. The molecule has 2 aromatic rings. The van der Waals surface area contributed by atoms with Crippen molar-refractivity contribution in [3.05, 3.63) is 42.6 Å². The summed E-state index contributed by atoms with van der Waals surface area (Å²) in [7, 11) is 0. The summed E-state index contributed by atoms with van der Waals surface area (Å²) >= 11 is 0. The van der Waals surface area contributed by atoms with E-state index < -0.39 is 0 Å². The van der Waals surface area contributed by atoms with Crippen molar-refractivity contribution in [3.8, 4) is 11.3 Å². The van der Waals surface area contributed by atoms with Gasteiger partial charge in [-0.15, -0.1) is 0 Å². The lowest BCUT2D eigenvalue weighted by molar-refractivity contribution is 0.602. The number of aryl methyl sites for hydroxylation is 1. The van der Waals surface area contributed by atoms with Crippen molar-refractivity contribution in [2.24, 2.45) is 0 Å². The maximum Gasteiger partial charge on any atom is 0.123 e. The molecule has 0 bridgehead atoms. The Balaban J connectivity index is 2.04. The Bertz CT molecular complexity index is 459. The molecular formula is C14H17FN2. The van der Waals surface area contributed by atoms with Gasteiger partial charge in [0, 0.05) is 18.3 Å². The summed E-state index contributed by atoms with van der Waals surface area (Å²) in [6.45, 7) is 3.19. The van der Waals surface area contributed by atoms with Gasteiger partial charge in [0.2, 0.25) is 0 Å². The number of aromatic nitrogens is 2. The number of hydrogen-bond acceptors (Lipinski definition) is 1. The number of imidazole rings is 1. The van der Waals surface area contributed by atoms with Crippen molar-refractivity contribution in [1.82, 2.24) is 9.55 Å². The molecule has 0 spiro atoms. The SMILES string of the molecule is CCCCCn1cnc(-c2ccc(F)cc2)c1. The molecule has 0 N–H and O–H groups in total. The van der Waals surface area contributed by atoms with Gasteiger partial charge in [0.25, 0.3) is 0 Å². The van der Waals surface area contributed by atoms with Crippen LogP contribution in [0.25, 0.3) is 11.3 Å². The van der Waals surface area contributed by atoms with Crippen LogP contribution in [0.1, 0.15) is 26.2 Å². The van der Waals surface area contributed by atoms with Crippen LogP contribution >= 0.6 is 0 Å². The molecular weight excluding hydrogens is 215 g/mol. The Morgan fingerprint density at radius 2 is 1.94 bits per heavy atom. The molecule has 3 heteroatoms. The van der Waals surface area contributed by atoms with E-state index in [2.05, 4.69) is 16.5 Å². The molecule has 0 aliphatic rings. The second-order valence-corrected chi connectivity index (χ2v) is 4.21. The van der Waals surface area contributed by atoms with Gasteiger partial charge in [-0.1, -0.05) is 19.8 Å². The molecule has 0 amide bonds. The molecule has 0 aliphatic heterocycles. The molecule has 0 saturated heterocycles. The molecule has 0 radical (unpaired) electrons. The zero-order valence-electron chi connectivity index (χ0n) is 10.1. The highest BCUT2D eigenvalue weighted by Gasteiger charge is 2.02. The maximum atomic E-state index is 12.8. The summed E-state index contributed by atoms with van der Waals surface area (Å²) in [5.74, 6) is -0.212.